The van der Waals surface area contributed by atoms with E-state index in [1.54, 1.807) is 20.0 Å². The predicted octanol–water partition coefficient (Wildman–Crippen LogP) is 0.610. The maximum atomic E-state index is 12.3. The monoisotopic (exact) mass is 251 g/mol. The lowest BCUT2D eigenvalue weighted by Gasteiger charge is -2.38. The molecule has 0 radical (unpaired) electrons. The van der Waals surface area contributed by atoms with Crippen LogP contribution in [-0.4, -0.2) is 33.8 Å². The van der Waals surface area contributed by atoms with E-state index in [2.05, 4.69) is 10.3 Å². The summed E-state index contributed by atoms with van der Waals surface area (Å²) in [7, 11) is 0. The highest BCUT2D eigenvalue weighted by atomic mass is 16.4. The third-order valence-electron chi connectivity index (χ3n) is 3.21. The first-order valence-electron chi connectivity index (χ1n) is 5.96. The summed E-state index contributed by atoms with van der Waals surface area (Å²) in [4.78, 5) is 29.4. The van der Waals surface area contributed by atoms with Crippen LogP contribution in [-0.2, 0) is 16.1 Å². The highest BCUT2D eigenvalue weighted by Crippen LogP contribution is 2.19. The molecule has 98 valence electrons. The minimum atomic E-state index is -0.822. The molecule has 1 aliphatic heterocycles. The molecule has 0 aliphatic carbocycles. The van der Waals surface area contributed by atoms with Crippen LogP contribution in [0.3, 0.4) is 0 Å². The number of rotatable bonds is 3. The Labute approximate surface area is 105 Å². The zero-order valence-electron chi connectivity index (χ0n) is 10.8. The summed E-state index contributed by atoms with van der Waals surface area (Å²) >= 11 is 0. The highest BCUT2D eigenvalue weighted by molar-refractivity contribution is 5.97. The van der Waals surface area contributed by atoms with Crippen LogP contribution in [0, 0.1) is 6.92 Å². The van der Waals surface area contributed by atoms with Gasteiger partial charge in [-0.2, -0.15) is 0 Å². The second kappa shape index (κ2) is 4.44. The number of oxazole rings is 1. The molecule has 2 heterocycles. The molecule has 1 unspecified atom stereocenters. The van der Waals surface area contributed by atoms with Crippen LogP contribution in [0.2, 0.25) is 0 Å². The molecule has 1 atom stereocenters. The number of carbonyl (C=O) groups excluding carboxylic acids is 2. The number of piperazine rings is 1. The van der Waals surface area contributed by atoms with E-state index in [1.165, 1.54) is 4.90 Å². The summed E-state index contributed by atoms with van der Waals surface area (Å²) in [5.74, 6) is 0.897. The topological polar surface area (TPSA) is 75.4 Å². The minimum absolute atomic E-state index is 0.0514. The lowest BCUT2D eigenvalue weighted by Crippen LogP contribution is -2.64. The van der Waals surface area contributed by atoms with E-state index < -0.39 is 5.54 Å². The smallest absolute Gasteiger partial charge is 0.248 e. The minimum Gasteiger partial charge on any atom is -0.444 e. The number of aromatic nitrogens is 1. The van der Waals surface area contributed by atoms with E-state index in [4.69, 9.17) is 4.42 Å². The first-order valence-corrected chi connectivity index (χ1v) is 5.96. The number of carbonyl (C=O) groups is 2. The van der Waals surface area contributed by atoms with E-state index in [0.29, 0.717) is 18.1 Å². The Balaban J connectivity index is 2.17. The second-order valence-corrected chi connectivity index (χ2v) is 4.76. The molecule has 1 aliphatic rings. The molecule has 1 aromatic heterocycles. The third kappa shape index (κ3) is 2.23. The fourth-order valence-corrected chi connectivity index (χ4v) is 2.00. The molecule has 0 bridgehead atoms. The van der Waals surface area contributed by atoms with Crippen molar-refractivity contribution in [3.63, 3.8) is 0 Å². The Kier molecular flexibility index (Phi) is 3.11. The van der Waals surface area contributed by atoms with Gasteiger partial charge in [-0.05, 0) is 20.3 Å². The van der Waals surface area contributed by atoms with E-state index in [0.717, 1.165) is 0 Å². The molecule has 6 nitrogen and oxygen atoms in total. The van der Waals surface area contributed by atoms with Crippen LogP contribution in [0.5, 0.6) is 0 Å². The Morgan fingerprint density at radius 1 is 1.56 bits per heavy atom. The maximum Gasteiger partial charge on any atom is 0.248 e. The first-order chi connectivity index (χ1) is 8.44. The molecule has 6 heteroatoms. The van der Waals surface area contributed by atoms with Crippen molar-refractivity contribution >= 4 is 11.8 Å². The summed E-state index contributed by atoms with van der Waals surface area (Å²) in [6.07, 6.45) is 2.15. The van der Waals surface area contributed by atoms with Gasteiger partial charge in [-0.3, -0.25) is 9.59 Å². The largest absolute Gasteiger partial charge is 0.444 e. The first kappa shape index (κ1) is 12.6. The summed E-state index contributed by atoms with van der Waals surface area (Å²) in [6, 6.07) is 0. The Morgan fingerprint density at radius 2 is 2.28 bits per heavy atom. The molecule has 18 heavy (non-hydrogen) atoms. The zero-order chi connectivity index (χ0) is 13.3. The van der Waals surface area contributed by atoms with E-state index in [9.17, 15) is 9.59 Å². The van der Waals surface area contributed by atoms with E-state index in [-0.39, 0.29) is 24.9 Å². The van der Waals surface area contributed by atoms with Crippen LogP contribution in [0.15, 0.2) is 10.6 Å². The fraction of sp³-hybridized carbons (Fsp3) is 0.583. The molecule has 1 N–H and O–H groups in total. The summed E-state index contributed by atoms with van der Waals surface area (Å²) < 4.78 is 5.33. The van der Waals surface area contributed by atoms with Gasteiger partial charge in [0.2, 0.25) is 17.7 Å². The Hall–Kier alpha value is -1.85. The van der Waals surface area contributed by atoms with Gasteiger partial charge >= 0.3 is 0 Å². The van der Waals surface area contributed by atoms with E-state index in [1.807, 2.05) is 6.92 Å². The van der Waals surface area contributed by atoms with Crippen LogP contribution in [0.1, 0.15) is 31.9 Å². The Bertz CT molecular complexity index is 483. The van der Waals surface area contributed by atoms with Crippen molar-refractivity contribution in [2.45, 2.75) is 39.3 Å². The van der Waals surface area contributed by atoms with Gasteiger partial charge in [0.05, 0.1) is 12.7 Å². The highest BCUT2D eigenvalue weighted by Gasteiger charge is 2.41. The van der Waals surface area contributed by atoms with Crippen molar-refractivity contribution in [1.82, 2.24) is 15.2 Å². The number of aryl methyl sites for hydroxylation is 1. The van der Waals surface area contributed by atoms with Gasteiger partial charge in [0, 0.05) is 0 Å². The Morgan fingerprint density at radius 3 is 2.83 bits per heavy atom. The molecule has 2 amide bonds. The van der Waals surface area contributed by atoms with Crippen molar-refractivity contribution in [2.75, 3.05) is 6.54 Å². The van der Waals surface area contributed by atoms with Gasteiger partial charge in [-0.15, -0.1) is 0 Å². The zero-order valence-corrected chi connectivity index (χ0v) is 10.8. The van der Waals surface area contributed by atoms with Crippen molar-refractivity contribution in [2.24, 2.45) is 0 Å². The van der Waals surface area contributed by atoms with Crippen molar-refractivity contribution in [3.05, 3.63) is 17.8 Å². The predicted molar refractivity (Wildman–Crippen MR) is 63.5 cm³/mol. The SMILES string of the molecule is CCC1(C)NC(=O)CN(Cc2ncc(C)o2)C1=O. The molecule has 1 fully saturated rings. The van der Waals surface area contributed by atoms with Crippen LogP contribution in [0.25, 0.3) is 0 Å². The summed E-state index contributed by atoms with van der Waals surface area (Å²) in [5, 5.41) is 2.73. The molecular weight excluding hydrogens is 234 g/mol. The maximum absolute atomic E-state index is 12.3. The average Bonchev–Trinajstić information content (AvgIpc) is 2.71. The van der Waals surface area contributed by atoms with Gasteiger partial charge in [-0.25, -0.2) is 4.98 Å². The number of nitrogens with zero attached hydrogens (tertiary/aromatic N) is 2. The van der Waals surface area contributed by atoms with Crippen molar-refractivity contribution in [3.8, 4) is 0 Å². The van der Waals surface area contributed by atoms with Crippen molar-refractivity contribution < 1.29 is 14.0 Å². The third-order valence-corrected chi connectivity index (χ3v) is 3.21. The number of hydrogen-bond acceptors (Lipinski definition) is 4. The quantitative estimate of drug-likeness (QED) is 0.854. The van der Waals surface area contributed by atoms with E-state index >= 15 is 0 Å². The summed E-state index contributed by atoms with van der Waals surface area (Å²) in [5.41, 5.74) is -0.822. The normalized spacial score (nSPS) is 24.3. The van der Waals surface area contributed by atoms with Gasteiger partial charge in [-0.1, -0.05) is 6.92 Å². The number of hydrogen-bond donors (Lipinski definition) is 1. The molecular formula is C12H17N3O3. The molecule has 0 saturated carbocycles. The van der Waals surface area contributed by atoms with Gasteiger partial charge in [0.25, 0.3) is 0 Å². The van der Waals surface area contributed by atoms with Crippen LogP contribution >= 0.6 is 0 Å². The van der Waals surface area contributed by atoms with Gasteiger partial charge in [0.15, 0.2) is 0 Å². The van der Waals surface area contributed by atoms with Crippen LogP contribution in [0.4, 0.5) is 0 Å². The molecule has 1 aromatic rings. The lowest BCUT2D eigenvalue weighted by molar-refractivity contribution is -0.150. The lowest BCUT2D eigenvalue weighted by atomic mass is 9.94. The van der Waals surface area contributed by atoms with Crippen LogP contribution < -0.4 is 5.32 Å². The number of amides is 2. The fourth-order valence-electron chi connectivity index (χ4n) is 2.00. The van der Waals surface area contributed by atoms with Crippen molar-refractivity contribution in [1.29, 1.82) is 0 Å². The average molecular weight is 251 g/mol. The molecule has 1 saturated heterocycles. The van der Waals surface area contributed by atoms with Gasteiger partial charge < -0.3 is 14.6 Å². The second-order valence-electron chi connectivity index (χ2n) is 4.76. The standard InChI is InChI=1S/C12H17N3O3/c1-4-12(3)11(17)15(6-9(16)14-12)7-10-13-5-8(2)18-10/h5H,4,6-7H2,1-3H3,(H,14,16). The number of nitrogens with one attached hydrogen (secondary N) is 1. The molecule has 2 rings (SSSR count). The molecule has 0 spiro atoms. The molecule has 0 aromatic carbocycles. The van der Waals surface area contributed by atoms with Gasteiger partial charge in [0.1, 0.15) is 17.8 Å². The summed E-state index contributed by atoms with van der Waals surface area (Å²) in [6.45, 7) is 5.68.